The summed E-state index contributed by atoms with van der Waals surface area (Å²) in [5, 5.41) is 0.990. The number of hydrogen-bond acceptors (Lipinski definition) is 4. The summed E-state index contributed by atoms with van der Waals surface area (Å²) < 4.78 is 11.2. The van der Waals surface area contributed by atoms with Crippen molar-refractivity contribution in [2.24, 2.45) is 11.7 Å². The lowest BCUT2D eigenvalue weighted by Gasteiger charge is -2.12. The van der Waals surface area contributed by atoms with Crippen molar-refractivity contribution < 1.29 is 9.47 Å². The first-order valence-corrected chi connectivity index (χ1v) is 7.39. The van der Waals surface area contributed by atoms with Crippen LogP contribution >= 0.6 is 12.2 Å². The maximum atomic E-state index is 5.76. The lowest BCUT2D eigenvalue weighted by atomic mass is 10.1. The van der Waals surface area contributed by atoms with E-state index in [1.54, 1.807) is 0 Å². The van der Waals surface area contributed by atoms with Gasteiger partial charge in [-0.15, -0.1) is 0 Å². The first-order valence-electron chi connectivity index (χ1n) is 6.98. The molecule has 0 fully saturated rings. The van der Waals surface area contributed by atoms with E-state index in [4.69, 9.17) is 27.4 Å². The highest BCUT2D eigenvalue weighted by Gasteiger charge is 2.10. The number of thiocarbonyl (C=S) groups is 1. The minimum absolute atomic E-state index is 0.284. The van der Waals surface area contributed by atoms with Gasteiger partial charge in [0.25, 0.3) is 0 Å². The maximum Gasteiger partial charge on any atom is 0.224 e. The van der Waals surface area contributed by atoms with Crippen molar-refractivity contribution in [2.45, 2.75) is 13.8 Å². The number of nitrogens with two attached hydrogens (primary N) is 1. The number of ether oxygens (including phenoxy) is 2. The smallest absolute Gasteiger partial charge is 0.224 e. The van der Waals surface area contributed by atoms with Crippen molar-refractivity contribution in [1.82, 2.24) is 4.98 Å². The molecule has 1 aromatic carbocycles. The lowest BCUT2D eigenvalue weighted by Crippen LogP contribution is -2.15. The molecule has 0 saturated carbocycles. The molecule has 0 bridgehead atoms. The Morgan fingerprint density at radius 2 is 2.05 bits per heavy atom. The molecule has 0 saturated heterocycles. The Morgan fingerprint density at radius 1 is 1.29 bits per heavy atom. The van der Waals surface area contributed by atoms with E-state index < -0.39 is 0 Å². The van der Waals surface area contributed by atoms with Crippen LogP contribution in [0.2, 0.25) is 0 Å². The van der Waals surface area contributed by atoms with Crippen LogP contribution in [0.15, 0.2) is 30.3 Å². The molecule has 0 unspecified atom stereocenters. The average Bonchev–Trinajstić information content (AvgIpc) is 2.45. The Bertz CT molecular complexity index is 629. The second-order valence-electron chi connectivity index (χ2n) is 5.22. The number of aromatic nitrogens is 1. The molecule has 1 heterocycles. The summed E-state index contributed by atoms with van der Waals surface area (Å²) in [6.45, 7) is 5.88. The molecule has 2 aromatic rings. The average molecular weight is 304 g/mol. The zero-order chi connectivity index (χ0) is 15.2. The van der Waals surface area contributed by atoms with Crippen LogP contribution < -0.4 is 10.5 Å². The third-order valence-electron chi connectivity index (χ3n) is 2.87. The highest BCUT2D eigenvalue weighted by atomic mass is 32.1. The molecule has 0 aliphatic carbocycles. The SMILES string of the molecule is CC(C)COCCOc1nc2ccccc2cc1C(N)=S. The van der Waals surface area contributed by atoms with Gasteiger partial charge in [0.15, 0.2) is 0 Å². The second-order valence-corrected chi connectivity index (χ2v) is 5.66. The minimum Gasteiger partial charge on any atom is -0.475 e. The quantitative estimate of drug-likeness (QED) is 0.629. The molecular formula is C16H20N2O2S. The van der Waals surface area contributed by atoms with Gasteiger partial charge in [-0.3, -0.25) is 0 Å². The fraction of sp³-hybridized carbons (Fsp3) is 0.375. The van der Waals surface area contributed by atoms with Crippen LogP contribution in [0.3, 0.4) is 0 Å². The number of hydrogen-bond donors (Lipinski definition) is 1. The van der Waals surface area contributed by atoms with Crippen LogP contribution in [-0.2, 0) is 4.74 Å². The van der Waals surface area contributed by atoms with Crippen LogP contribution in [0, 0.1) is 5.92 Å². The molecule has 2 rings (SSSR count). The Kier molecular flexibility index (Phi) is 5.47. The largest absolute Gasteiger partial charge is 0.475 e. The summed E-state index contributed by atoms with van der Waals surface area (Å²) in [7, 11) is 0. The van der Waals surface area contributed by atoms with Gasteiger partial charge < -0.3 is 15.2 Å². The van der Waals surface area contributed by atoms with E-state index in [2.05, 4.69) is 18.8 Å². The van der Waals surface area contributed by atoms with Gasteiger partial charge in [-0.2, -0.15) is 0 Å². The number of para-hydroxylation sites is 1. The molecule has 0 radical (unpaired) electrons. The molecule has 0 spiro atoms. The molecule has 21 heavy (non-hydrogen) atoms. The Labute approximate surface area is 130 Å². The Hall–Kier alpha value is -1.72. The van der Waals surface area contributed by atoms with Gasteiger partial charge in [-0.1, -0.05) is 44.3 Å². The minimum atomic E-state index is 0.284. The van der Waals surface area contributed by atoms with Crippen LogP contribution in [0.1, 0.15) is 19.4 Å². The highest BCUT2D eigenvalue weighted by molar-refractivity contribution is 7.80. The number of pyridine rings is 1. The summed E-state index contributed by atoms with van der Waals surface area (Å²) in [4.78, 5) is 4.77. The Balaban J connectivity index is 2.10. The molecular weight excluding hydrogens is 284 g/mol. The molecule has 112 valence electrons. The zero-order valence-corrected chi connectivity index (χ0v) is 13.2. The van der Waals surface area contributed by atoms with Gasteiger partial charge in [-0.05, 0) is 18.1 Å². The van der Waals surface area contributed by atoms with E-state index in [9.17, 15) is 0 Å². The monoisotopic (exact) mass is 304 g/mol. The predicted octanol–water partition coefficient (Wildman–Crippen LogP) is 2.92. The van der Waals surface area contributed by atoms with Gasteiger partial charge in [0, 0.05) is 12.0 Å². The van der Waals surface area contributed by atoms with E-state index >= 15 is 0 Å². The van der Waals surface area contributed by atoms with Gasteiger partial charge in [0.05, 0.1) is 17.7 Å². The number of fused-ring (bicyclic) bond motifs is 1. The van der Waals surface area contributed by atoms with Gasteiger partial charge in [0.2, 0.25) is 5.88 Å². The van der Waals surface area contributed by atoms with Crippen molar-refractivity contribution in [3.8, 4) is 5.88 Å². The summed E-state index contributed by atoms with van der Waals surface area (Å²) in [5.41, 5.74) is 7.27. The van der Waals surface area contributed by atoms with E-state index in [1.165, 1.54) is 0 Å². The molecule has 5 heteroatoms. The van der Waals surface area contributed by atoms with Gasteiger partial charge >= 0.3 is 0 Å². The molecule has 0 atom stereocenters. The molecule has 0 amide bonds. The summed E-state index contributed by atoms with van der Waals surface area (Å²) >= 11 is 5.07. The second kappa shape index (κ2) is 7.33. The summed E-state index contributed by atoms with van der Waals surface area (Å²) in [6, 6.07) is 9.70. The van der Waals surface area contributed by atoms with E-state index in [1.807, 2.05) is 30.3 Å². The van der Waals surface area contributed by atoms with Crippen molar-refractivity contribution in [3.63, 3.8) is 0 Å². The molecule has 2 N–H and O–H groups in total. The third kappa shape index (κ3) is 4.37. The zero-order valence-electron chi connectivity index (χ0n) is 12.3. The van der Waals surface area contributed by atoms with Gasteiger partial charge in [-0.25, -0.2) is 4.98 Å². The normalized spacial score (nSPS) is 11.0. The first kappa shape index (κ1) is 15.7. The topological polar surface area (TPSA) is 57.4 Å². The summed E-state index contributed by atoms with van der Waals surface area (Å²) in [5.74, 6) is 0.977. The van der Waals surface area contributed by atoms with Crippen molar-refractivity contribution in [2.75, 3.05) is 19.8 Å². The third-order valence-corrected chi connectivity index (χ3v) is 3.09. The number of nitrogens with zero attached hydrogens (tertiary/aromatic N) is 1. The number of benzene rings is 1. The van der Waals surface area contributed by atoms with Crippen LogP contribution in [-0.4, -0.2) is 29.8 Å². The first-order chi connectivity index (χ1) is 10.1. The van der Waals surface area contributed by atoms with Crippen LogP contribution in [0.4, 0.5) is 0 Å². The predicted molar refractivity (Wildman–Crippen MR) is 88.8 cm³/mol. The highest BCUT2D eigenvalue weighted by Crippen LogP contribution is 2.22. The maximum absolute atomic E-state index is 5.76. The molecule has 0 aliphatic rings. The summed E-state index contributed by atoms with van der Waals surface area (Å²) in [6.07, 6.45) is 0. The fourth-order valence-electron chi connectivity index (χ4n) is 1.90. The van der Waals surface area contributed by atoms with Gasteiger partial charge in [0.1, 0.15) is 11.6 Å². The van der Waals surface area contributed by atoms with Crippen molar-refractivity contribution in [1.29, 1.82) is 0 Å². The van der Waals surface area contributed by atoms with Crippen molar-refractivity contribution >= 4 is 28.1 Å². The lowest BCUT2D eigenvalue weighted by molar-refractivity contribution is 0.0807. The molecule has 1 aromatic heterocycles. The van der Waals surface area contributed by atoms with Crippen molar-refractivity contribution in [3.05, 3.63) is 35.9 Å². The van der Waals surface area contributed by atoms with Crippen LogP contribution in [0.25, 0.3) is 10.9 Å². The fourth-order valence-corrected chi connectivity index (χ4v) is 2.05. The Morgan fingerprint density at radius 3 is 2.76 bits per heavy atom. The van der Waals surface area contributed by atoms with E-state index in [0.29, 0.717) is 30.6 Å². The number of rotatable bonds is 7. The standard InChI is InChI=1S/C16H20N2O2S/c1-11(2)10-19-7-8-20-16-13(15(17)21)9-12-5-3-4-6-14(12)18-16/h3-6,9,11H,7-8,10H2,1-2H3,(H2,17,21). The van der Waals surface area contributed by atoms with E-state index in [-0.39, 0.29) is 4.99 Å². The molecule has 4 nitrogen and oxygen atoms in total. The molecule has 0 aliphatic heterocycles. The van der Waals surface area contributed by atoms with E-state index in [0.717, 1.165) is 17.5 Å². The van der Waals surface area contributed by atoms with Crippen LogP contribution in [0.5, 0.6) is 5.88 Å².